The third-order valence-corrected chi connectivity index (χ3v) is 27.1. The molecule has 4 aliphatic heterocycles. The van der Waals surface area contributed by atoms with E-state index in [0.717, 1.165) is 166 Å². The molecule has 0 spiro atoms. The van der Waals surface area contributed by atoms with Gasteiger partial charge in [0, 0.05) is 108 Å². The van der Waals surface area contributed by atoms with E-state index in [1.165, 1.54) is 69.1 Å². The maximum absolute atomic E-state index is 15.1. The van der Waals surface area contributed by atoms with Gasteiger partial charge >= 0.3 is 0 Å². The highest BCUT2D eigenvalue weighted by molar-refractivity contribution is 7.16. The lowest BCUT2D eigenvalue weighted by molar-refractivity contribution is 0.0635. The molecule has 4 saturated heterocycles. The topological polar surface area (TPSA) is 441 Å². The van der Waals surface area contributed by atoms with Crippen LogP contribution in [0, 0.1) is 68.4 Å². The first-order valence-corrected chi connectivity index (χ1v) is 46.8. The summed E-state index contributed by atoms with van der Waals surface area (Å²) in [6.45, 7) is 21.6. The fourth-order valence-electron chi connectivity index (χ4n) is 17.1. The third kappa shape index (κ3) is 20.5. The Hall–Kier alpha value is -14.2. The molecule has 0 saturated carbocycles. The van der Waals surface area contributed by atoms with E-state index in [-0.39, 0.29) is 99.7 Å². The van der Waals surface area contributed by atoms with Crippen LogP contribution >= 0.6 is 22.7 Å². The Morgan fingerprint density at radius 3 is 1.14 bits per heavy atom. The Bertz CT molecular complexity index is 7000. The largest absolute Gasteiger partial charge is 0.494 e. The van der Waals surface area contributed by atoms with Crippen LogP contribution in [-0.2, 0) is 22.7 Å². The number of aryl methyl sites for hydroxylation is 3. The number of piperidine rings is 4. The van der Waals surface area contributed by atoms with Crippen LogP contribution < -0.4 is 48.9 Å². The summed E-state index contributed by atoms with van der Waals surface area (Å²) in [5, 5.41) is 69.3. The minimum absolute atomic E-state index is 0.0358. The van der Waals surface area contributed by atoms with E-state index in [9.17, 15) is 22.0 Å². The van der Waals surface area contributed by atoms with Crippen molar-refractivity contribution >= 4 is 45.9 Å². The van der Waals surface area contributed by atoms with Gasteiger partial charge in [-0.2, -0.15) is 33.3 Å². The predicted molar refractivity (Wildman–Crippen MR) is 509 cm³/mol. The van der Waals surface area contributed by atoms with Gasteiger partial charge in [-0.3, -0.25) is 9.36 Å². The number of tetrazole rings is 4. The highest BCUT2D eigenvalue weighted by atomic mass is 32.1. The van der Waals surface area contributed by atoms with Gasteiger partial charge in [0.2, 0.25) is 5.82 Å². The van der Waals surface area contributed by atoms with E-state index in [0.29, 0.717) is 70.0 Å². The number of aromatic nitrogens is 24. The van der Waals surface area contributed by atoms with Crippen LogP contribution in [0.2, 0.25) is 0 Å². The molecule has 4 aliphatic rings. The van der Waals surface area contributed by atoms with Gasteiger partial charge in [-0.15, -0.1) is 43.1 Å². The van der Waals surface area contributed by atoms with E-state index in [1.54, 1.807) is 91.9 Å². The number of nitrogens with two attached hydrogens (primary N) is 4. The van der Waals surface area contributed by atoms with Gasteiger partial charge in [0.1, 0.15) is 46.0 Å². The van der Waals surface area contributed by atoms with Crippen molar-refractivity contribution in [3.8, 4) is 117 Å². The van der Waals surface area contributed by atoms with Crippen LogP contribution in [0.5, 0.6) is 5.75 Å². The molecule has 12 N–H and O–H groups in total. The van der Waals surface area contributed by atoms with Gasteiger partial charge in [-0.05, 0) is 295 Å². The fraction of sp³-hybridized carbons (Fsp3) is 0.340. The average Bonchev–Trinajstić information content (AvgIpc) is 1.59. The van der Waals surface area contributed by atoms with E-state index < -0.39 is 34.9 Å². The van der Waals surface area contributed by atoms with E-state index in [4.69, 9.17) is 37.1 Å². The molecule has 138 heavy (non-hydrogen) atoms. The van der Waals surface area contributed by atoms with E-state index >= 15 is 8.78 Å². The second kappa shape index (κ2) is 42.6. The number of nitrogens with zero attached hydrogens (tertiary/aromatic N) is 24. The maximum Gasteiger partial charge on any atom is 0.202 e. The summed E-state index contributed by atoms with van der Waals surface area (Å²) in [5.74, 6) is -4.32. The van der Waals surface area contributed by atoms with E-state index in [1.807, 2.05) is 60.7 Å². The molecule has 0 radical (unpaired) electrons. The summed E-state index contributed by atoms with van der Waals surface area (Å²) in [4.78, 5) is 22.2. The Kier molecular flexibility index (Phi) is 29.5. The highest BCUT2D eigenvalue weighted by Gasteiger charge is 2.31. The molecular weight excluding hydrogens is 1820 g/mol. The summed E-state index contributed by atoms with van der Waals surface area (Å²) in [5.41, 5.74) is 35.7. The summed E-state index contributed by atoms with van der Waals surface area (Å²) in [6.07, 6.45) is 22.7. The number of benzene rings is 4. The van der Waals surface area contributed by atoms with Crippen LogP contribution in [0.15, 0.2) is 135 Å². The normalized spacial score (nSPS) is 14.6. The molecule has 0 unspecified atom stereocenters. The zero-order chi connectivity index (χ0) is 96.5. The Morgan fingerprint density at radius 2 is 0.754 bits per heavy atom. The van der Waals surface area contributed by atoms with Crippen molar-refractivity contribution in [3.05, 3.63) is 218 Å². The van der Waals surface area contributed by atoms with Gasteiger partial charge in [-0.1, -0.05) is 18.2 Å². The van der Waals surface area contributed by atoms with Gasteiger partial charge in [0.25, 0.3) is 0 Å². The number of nitrogen functional groups attached to an aromatic ring is 4. The zero-order valence-corrected chi connectivity index (χ0v) is 78.4. The SMILES string of the molecule is CC(C)OCc1ccc(-n2nnnc2-c2cc(-c3cnn(C4CCNCC4)c3)cnc2N)c(F)c1F.CCOCc1ccc(-n2nnnc2-c2cc(-c3cnn(C4CCNCC4)c3)cnc2N)c(F)c1F.COc1ccc(-n2nnnc2-c2cc(-c3cc(C4CCNCC4)c(C)s3)cnc2N)c(F)c1F.Cc1ccc(-n2nnnc2-c2cc(-c3cc(C4CCNCC4)c(C)s3)cnc2N)c(F)c1C. The number of halogens is 7. The number of anilines is 4. The number of hydrogen-bond donors (Lipinski definition) is 8. The molecule has 0 atom stereocenters. The number of ether oxygens (including phenoxy) is 3. The predicted octanol–water partition coefficient (Wildman–Crippen LogP) is 14.9. The first-order chi connectivity index (χ1) is 66.9. The summed E-state index contributed by atoms with van der Waals surface area (Å²) in [6, 6.07) is 24.4. The number of pyridine rings is 4. The van der Waals surface area contributed by atoms with Crippen molar-refractivity contribution in [3.63, 3.8) is 0 Å². The van der Waals surface area contributed by atoms with Crippen molar-refractivity contribution in [1.82, 2.24) is 142 Å². The van der Waals surface area contributed by atoms with Crippen LogP contribution in [0.3, 0.4) is 0 Å². The number of thiophene rings is 2. The average molecular weight is 1920 g/mol. The van der Waals surface area contributed by atoms with E-state index in [2.05, 4.69) is 139 Å². The summed E-state index contributed by atoms with van der Waals surface area (Å²) < 4.78 is 128. The molecule has 16 aromatic rings. The number of rotatable bonds is 23. The smallest absolute Gasteiger partial charge is 0.202 e. The van der Waals surface area contributed by atoms with Crippen molar-refractivity contribution < 1.29 is 44.9 Å². The van der Waals surface area contributed by atoms with Gasteiger partial charge < -0.3 is 58.4 Å². The lowest BCUT2D eigenvalue weighted by Crippen LogP contribution is -2.29. The lowest BCUT2D eigenvalue weighted by atomic mass is 9.90. The number of hydrogen-bond acceptors (Lipinski definition) is 31. The first-order valence-electron chi connectivity index (χ1n) is 45.1. The molecule has 44 heteroatoms. The van der Waals surface area contributed by atoms with Crippen molar-refractivity contribution in [2.75, 3.05) is 89.0 Å². The highest BCUT2D eigenvalue weighted by Crippen LogP contribution is 2.44. The monoisotopic (exact) mass is 1920 g/mol. The van der Waals surface area contributed by atoms with Gasteiger partial charge in [0.15, 0.2) is 64.0 Å². The minimum atomic E-state index is -1.13. The van der Waals surface area contributed by atoms with Crippen LogP contribution in [-0.4, -0.2) is 193 Å². The molecule has 4 fully saturated rings. The van der Waals surface area contributed by atoms with Crippen LogP contribution in [0.4, 0.5) is 54.0 Å². The zero-order valence-electron chi connectivity index (χ0n) is 76.8. The van der Waals surface area contributed by atoms with Crippen LogP contribution in [0.1, 0.15) is 139 Å². The quantitative estimate of drug-likeness (QED) is 0.0276. The van der Waals surface area contributed by atoms with Crippen LogP contribution in [0.25, 0.3) is 111 Å². The lowest BCUT2D eigenvalue weighted by Gasteiger charge is -2.22. The molecule has 716 valence electrons. The van der Waals surface area contributed by atoms with Gasteiger partial charge in [0.05, 0.1) is 73.2 Å². The molecule has 0 aliphatic carbocycles. The molecule has 12 aromatic heterocycles. The minimum Gasteiger partial charge on any atom is -0.494 e. The fourth-order valence-corrected chi connectivity index (χ4v) is 19.3. The first kappa shape index (κ1) is 95.6. The number of methoxy groups -OCH3 is 1. The molecule has 0 bridgehead atoms. The molecule has 0 amide bonds. The van der Waals surface area contributed by atoms with Crippen molar-refractivity contribution in [2.45, 2.75) is 143 Å². The molecule has 4 aromatic carbocycles. The van der Waals surface area contributed by atoms with Crippen molar-refractivity contribution in [1.29, 1.82) is 0 Å². The van der Waals surface area contributed by atoms with Gasteiger partial charge in [-0.25, -0.2) is 46.3 Å². The maximum atomic E-state index is 15.1. The molecular formula is C94H101F7N32O3S2. The second-order valence-corrected chi connectivity index (χ2v) is 36.5. The number of nitrogens with one attached hydrogen (secondary N) is 4. The molecule has 16 heterocycles. The second-order valence-electron chi connectivity index (χ2n) is 34.0. The summed E-state index contributed by atoms with van der Waals surface area (Å²) >= 11 is 3.46. The van der Waals surface area contributed by atoms with Crippen molar-refractivity contribution in [2.24, 2.45) is 0 Å². The Labute approximate surface area is 795 Å². The standard InChI is InChI=1S/C24H27F2N9O.C24H26FN7S.C23H25F2N9O.C23H23F2N7OS/c1-14(2)36-13-15-3-4-20(22(26)21(15)25)35-24(31-32-33-35)19-9-16(10-29-23(19)27)17-11-30-34(12-17)18-5-7-28-8-6-18;1-13-4-5-20(22(25)14(13)2)32-24(29-30-31-32)19-10-17(12-28-23(19)26)21-11-18(15(3)33-21)16-6-8-27-9-7-16;1-2-35-13-14-3-4-19(21(25)20(14)24)34-23(30-31-32-34)18-9-15(10-28-22(18)26)16-11-29-33(12-16)17-5-7-27-8-6-17;1-12-15(13-5-7-27-8-6-13)10-19(34-12)14-9-16(22(26)28-11-14)23-29-30-31-32(23)17-3-4-18(33-2)21(25)20(17)24/h3-4,9-12,14,18,28H,5-8,13H2,1-2H3,(H2,27,29);4-5,10-12,16,27H,6-9H2,1-3H3,(H2,26,28);3-4,9-12,17,27H,2,5-8,13H2,1H3,(H2,26,28);3-4,9-11,13,27H,5-8H2,1-2H3,(H2,26,28). The molecule has 20 rings (SSSR count). The third-order valence-electron chi connectivity index (χ3n) is 24.9. The summed E-state index contributed by atoms with van der Waals surface area (Å²) in [7, 11) is 1.26. The Balaban J connectivity index is 0.000000127. The molecule has 35 nitrogen and oxygen atoms in total. The Morgan fingerprint density at radius 1 is 0.406 bits per heavy atom.